The van der Waals surface area contributed by atoms with E-state index in [-0.39, 0.29) is 4.90 Å². The summed E-state index contributed by atoms with van der Waals surface area (Å²) >= 11 is 2.75. The molecule has 11 heteroatoms. The van der Waals surface area contributed by atoms with E-state index in [4.69, 9.17) is 4.74 Å². The van der Waals surface area contributed by atoms with E-state index in [1.54, 1.807) is 42.5 Å². The maximum Gasteiger partial charge on any atom is 0.264 e. The molecule has 0 aliphatic carbocycles. The molecule has 158 valence electrons. The van der Waals surface area contributed by atoms with Crippen LogP contribution >= 0.6 is 23.1 Å². The van der Waals surface area contributed by atoms with Gasteiger partial charge in [0.05, 0.1) is 17.7 Å². The van der Waals surface area contributed by atoms with Gasteiger partial charge in [-0.2, -0.15) is 0 Å². The van der Waals surface area contributed by atoms with Gasteiger partial charge in [-0.25, -0.2) is 8.42 Å². The van der Waals surface area contributed by atoms with Crippen LogP contribution in [-0.2, 0) is 14.8 Å². The van der Waals surface area contributed by atoms with E-state index in [9.17, 15) is 13.2 Å². The lowest BCUT2D eigenvalue weighted by atomic mass is 10.3. The first-order chi connectivity index (χ1) is 14.4. The third-order valence-corrected chi connectivity index (χ3v) is 7.52. The number of methoxy groups -OCH3 is 1. The quantitative estimate of drug-likeness (QED) is 0.382. The van der Waals surface area contributed by atoms with Crippen molar-refractivity contribution in [2.45, 2.75) is 16.2 Å². The predicted molar refractivity (Wildman–Crippen MR) is 119 cm³/mol. The summed E-state index contributed by atoms with van der Waals surface area (Å²) in [5.41, 5.74) is 0.313. The van der Waals surface area contributed by atoms with Gasteiger partial charge in [0, 0.05) is 6.07 Å². The molecule has 0 spiro atoms. The number of aromatic nitrogens is 2. The molecule has 0 saturated carbocycles. The number of carbonyl (C=O) groups is 1. The van der Waals surface area contributed by atoms with Gasteiger partial charge in [-0.3, -0.25) is 14.4 Å². The van der Waals surface area contributed by atoms with Crippen molar-refractivity contribution < 1.29 is 17.9 Å². The first-order valence-corrected chi connectivity index (χ1v) is 12.2. The third kappa shape index (κ3) is 5.29. The Kier molecular flexibility index (Phi) is 7.29. The average molecular weight is 465 g/mol. The van der Waals surface area contributed by atoms with Crippen molar-refractivity contribution in [3.05, 3.63) is 54.6 Å². The van der Waals surface area contributed by atoms with E-state index in [0.717, 1.165) is 14.4 Å². The molecule has 0 radical (unpaired) electrons. The summed E-state index contributed by atoms with van der Waals surface area (Å²) in [6.45, 7) is 1.56. The zero-order chi connectivity index (χ0) is 21.6. The Bertz CT molecular complexity index is 1100. The summed E-state index contributed by atoms with van der Waals surface area (Å²) in [5, 5.41) is 10.9. The molecule has 1 amide bonds. The van der Waals surface area contributed by atoms with Crippen LogP contribution in [0.25, 0.3) is 0 Å². The molecule has 30 heavy (non-hydrogen) atoms. The second-order valence-corrected chi connectivity index (χ2v) is 10.2. The number of rotatable bonds is 9. The molecule has 3 rings (SSSR count). The monoisotopic (exact) mass is 464 g/mol. The van der Waals surface area contributed by atoms with Crippen molar-refractivity contribution in [3.63, 3.8) is 0 Å². The lowest BCUT2D eigenvalue weighted by molar-refractivity contribution is -0.114. The Morgan fingerprint density at radius 2 is 1.93 bits per heavy atom. The Morgan fingerprint density at radius 3 is 2.63 bits per heavy atom. The molecule has 0 bridgehead atoms. The number of nitrogens with zero attached hydrogens (tertiary/aromatic N) is 3. The van der Waals surface area contributed by atoms with Gasteiger partial charge in [0.1, 0.15) is 12.3 Å². The smallest absolute Gasteiger partial charge is 0.264 e. The molecule has 8 nitrogen and oxygen atoms in total. The first-order valence-electron chi connectivity index (χ1n) is 8.92. The number of carbonyl (C=O) groups excluding carboxylic acids is 1. The van der Waals surface area contributed by atoms with Crippen LogP contribution in [0.4, 0.5) is 10.8 Å². The van der Waals surface area contributed by atoms with Gasteiger partial charge in [-0.05, 0) is 30.0 Å². The van der Waals surface area contributed by atoms with Gasteiger partial charge in [-0.1, -0.05) is 54.3 Å². The van der Waals surface area contributed by atoms with E-state index < -0.39 is 22.5 Å². The van der Waals surface area contributed by atoms with Crippen LogP contribution in [0.5, 0.6) is 5.75 Å². The fraction of sp³-hybridized carbons (Fsp3) is 0.211. The number of amides is 1. The average Bonchev–Trinajstić information content (AvgIpc) is 3.19. The number of sulfonamides is 1. The summed E-state index contributed by atoms with van der Waals surface area (Å²) in [4.78, 5) is 12.8. The van der Waals surface area contributed by atoms with Crippen LogP contribution in [0.2, 0.25) is 0 Å². The van der Waals surface area contributed by atoms with E-state index in [0.29, 0.717) is 16.6 Å². The zero-order valence-corrected chi connectivity index (χ0v) is 18.8. The number of hydrogen-bond donors (Lipinski definition) is 1. The van der Waals surface area contributed by atoms with Crippen LogP contribution in [0.1, 0.15) is 6.92 Å². The number of nitrogens with one attached hydrogen (secondary N) is 1. The molecule has 1 aromatic heterocycles. The van der Waals surface area contributed by atoms with Crippen molar-refractivity contribution >= 4 is 49.8 Å². The van der Waals surface area contributed by atoms with Crippen LogP contribution in [0.15, 0.2) is 63.8 Å². The highest BCUT2D eigenvalue weighted by atomic mass is 32.2. The SMILES string of the molecule is CCSc1nnc(NC(=O)CN(c2cccc(OC)c2)S(=O)(=O)c2ccccc2)s1. The fourth-order valence-corrected chi connectivity index (χ4v) is 5.63. The van der Waals surface area contributed by atoms with Crippen LogP contribution < -0.4 is 14.4 Å². The van der Waals surface area contributed by atoms with E-state index >= 15 is 0 Å². The van der Waals surface area contributed by atoms with Crippen molar-refractivity contribution in [1.29, 1.82) is 0 Å². The highest BCUT2D eigenvalue weighted by Gasteiger charge is 2.27. The molecule has 0 saturated heterocycles. The fourth-order valence-electron chi connectivity index (χ4n) is 2.53. The summed E-state index contributed by atoms with van der Waals surface area (Å²) in [7, 11) is -2.50. The summed E-state index contributed by atoms with van der Waals surface area (Å²) < 4.78 is 33.6. The molecule has 1 N–H and O–H groups in total. The normalized spacial score (nSPS) is 11.1. The van der Waals surface area contributed by atoms with Crippen molar-refractivity contribution in [2.75, 3.05) is 29.0 Å². The van der Waals surface area contributed by atoms with Crippen LogP contribution in [0.3, 0.4) is 0 Å². The summed E-state index contributed by atoms with van der Waals surface area (Å²) in [5.74, 6) is 0.787. The molecule has 0 aliphatic heterocycles. The lowest BCUT2D eigenvalue weighted by Crippen LogP contribution is -2.38. The molecular formula is C19H20N4O4S3. The maximum absolute atomic E-state index is 13.3. The van der Waals surface area contributed by atoms with Gasteiger partial charge in [0.15, 0.2) is 4.34 Å². The van der Waals surface area contributed by atoms with Crippen LogP contribution in [0, 0.1) is 0 Å². The summed E-state index contributed by atoms with van der Waals surface area (Å²) in [6.07, 6.45) is 0. The van der Waals surface area contributed by atoms with Crippen LogP contribution in [-0.4, -0.2) is 43.9 Å². The first kappa shape index (κ1) is 22.1. The number of anilines is 2. The van der Waals surface area contributed by atoms with Gasteiger partial charge >= 0.3 is 0 Å². The molecular weight excluding hydrogens is 444 g/mol. The second kappa shape index (κ2) is 9.92. The number of ether oxygens (including phenoxy) is 1. The highest BCUT2D eigenvalue weighted by molar-refractivity contribution is 8.01. The van der Waals surface area contributed by atoms with E-state index in [1.165, 1.54) is 42.3 Å². The Morgan fingerprint density at radius 1 is 1.17 bits per heavy atom. The Hall–Kier alpha value is -2.63. The zero-order valence-electron chi connectivity index (χ0n) is 16.3. The largest absolute Gasteiger partial charge is 0.497 e. The lowest BCUT2D eigenvalue weighted by Gasteiger charge is -2.24. The van der Waals surface area contributed by atoms with Crippen molar-refractivity contribution in [3.8, 4) is 5.75 Å². The molecule has 0 fully saturated rings. The minimum Gasteiger partial charge on any atom is -0.497 e. The number of hydrogen-bond acceptors (Lipinski definition) is 8. The molecule has 0 atom stereocenters. The molecule has 2 aromatic carbocycles. The highest BCUT2D eigenvalue weighted by Crippen LogP contribution is 2.28. The second-order valence-electron chi connectivity index (χ2n) is 5.88. The summed E-state index contributed by atoms with van der Waals surface area (Å²) in [6, 6.07) is 14.5. The molecule has 3 aromatic rings. The molecule has 0 unspecified atom stereocenters. The van der Waals surface area contributed by atoms with E-state index in [2.05, 4.69) is 15.5 Å². The maximum atomic E-state index is 13.3. The standard InChI is InChI=1S/C19H20N4O4S3/c1-3-28-19-22-21-18(29-19)20-17(24)13-23(14-8-7-9-15(12-14)27-2)30(25,26)16-10-5-4-6-11-16/h4-12H,3,13H2,1-2H3,(H,20,21,24). The van der Waals surface area contributed by atoms with Crippen molar-refractivity contribution in [1.82, 2.24) is 10.2 Å². The molecule has 1 heterocycles. The Labute approximate surface area is 183 Å². The van der Waals surface area contributed by atoms with Crippen molar-refractivity contribution in [2.24, 2.45) is 0 Å². The van der Waals surface area contributed by atoms with E-state index in [1.807, 2.05) is 6.92 Å². The topological polar surface area (TPSA) is 101 Å². The predicted octanol–water partition coefficient (Wildman–Crippen LogP) is 3.49. The minimum atomic E-state index is -3.99. The molecule has 0 aliphatic rings. The van der Waals surface area contributed by atoms with Gasteiger partial charge in [0.25, 0.3) is 10.0 Å². The third-order valence-electron chi connectivity index (χ3n) is 3.88. The minimum absolute atomic E-state index is 0.0816. The number of thioether (sulfide) groups is 1. The number of benzene rings is 2. The Balaban J connectivity index is 1.90. The van der Waals surface area contributed by atoms with Gasteiger partial charge in [0.2, 0.25) is 11.0 Å². The van der Waals surface area contributed by atoms with Gasteiger partial charge < -0.3 is 4.74 Å². The van der Waals surface area contributed by atoms with Gasteiger partial charge in [-0.15, -0.1) is 10.2 Å².